The van der Waals surface area contributed by atoms with Crippen molar-refractivity contribution in [2.75, 3.05) is 5.32 Å². The zero-order chi connectivity index (χ0) is 20.1. The molecule has 1 aromatic heterocycles. The van der Waals surface area contributed by atoms with Crippen LogP contribution in [0.25, 0.3) is 0 Å². The van der Waals surface area contributed by atoms with Crippen LogP contribution in [0, 0.1) is 20.2 Å². The summed E-state index contributed by atoms with van der Waals surface area (Å²) in [5, 5.41) is 37.4. The van der Waals surface area contributed by atoms with E-state index < -0.39 is 16.0 Å². The third-order valence-corrected chi connectivity index (χ3v) is 5.24. The molecule has 2 aromatic carbocycles. The van der Waals surface area contributed by atoms with Gasteiger partial charge in [0.25, 0.3) is 11.4 Å². The molecule has 0 saturated carbocycles. The van der Waals surface area contributed by atoms with Gasteiger partial charge in [-0.1, -0.05) is 6.07 Å². The van der Waals surface area contributed by atoms with Crippen LogP contribution in [0.3, 0.4) is 0 Å². The van der Waals surface area contributed by atoms with Gasteiger partial charge >= 0.3 is 0 Å². The Balaban J connectivity index is 1.76. The Morgan fingerprint density at radius 1 is 0.929 bits per heavy atom. The van der Waals surface area contributed by atoms with Gasteiger partial charge in [-0.2, -0.15) is 0 Å². The molecule has 0 aliphatic carbocycles. The van der Waals surface area contributed by atoms with Crippen molar-refractivity contribution in [3.05, 3.63) is 96.7 Å². The summed E-state index contributed by atoms with van der Waals surface area (Å²) >= 11 is 1.53. The minimum absolute atomic E-state index is 0.00383. The number of rotatable bonds is 8. The molecular weight excluding hydrogens is 382 g/mol. The first-order valence-electron chi connectivity index (χ1n) is 8.41. The van der Waals surface area contributed by atoms with Crippen molar-refractivity contribution in [3.8, 4) is 0 Å². The van der Waals surface area contributed by atoms with E-state index in [1.807, 2.05) is 17.5 Å². The number of thiophene rings is 1. The van der Waals surface area contributed by atoms with Crippen LogP contribution in [0.1, 0.15) is 29.0 Å². The molecule has 28 heavy (non-hydrogen) atoms. The van der Waals surface area contributed by atoms with Gasteiger partial charge in [-0.25, -0.2) is 0 Å². The summed E-state index contributed by atoms with van der Waals surface area (Å²) in [6, 6.07) is 15.5. The Bertz CT molecular complexity index is 943. The second-order valence-electron chi connectivity index (χ2n) is 6.12. The number of nitrogens with one attached hydrogen (secondary N) is 1. The molecule has 9 heteroatoms. The standard InChI is InChI=1S/C19H17N3O5S/c23-18(13-3-7-15(8-4-13)21(24)25)12-17(19-2-1-11-28-19)20-14-5-9-16(10-6-14)22(26)27/h1-11,17-18,20,23H,12H2/t17-,18+/m1/s1. The van der Waals surface area contributed by atoms with Gasteiger partial charge in [0.15, 0.2) is 0 Å². The lowest BCUT2D eigenvalue weighted by Crippen LogP contribution is -2.14. The summed E-state index contributed by atoms with van der Waals surface area (Å²) < 4.78 is 0. The smallest absolute Gasteiger partial charge is 0.269 e. The summed E-state index contributed by atoms with van der Waals surface area (Å²) in [6.45, 7) is 0. The van der Waals surface area contributed by atoms with Gasteiger partial charge in [0, 0.05) is 41.3 Å². The number of benzene rings is 2. The minimum atomic E-state index is -0.835. The summed E-state index contributed by atoms with van der Waals surface area (Å²) in [4.78, 5) is 21.6. The summed E-state index contributed by atoms with van der Waals surface area (Å²) in [7, 11) is 0. The van der Waals surface area contributed by atoms with Crippen molar-refractivity contribution in [1.82, 2.24) is 0 Å². The van der Waals surface area contributed by atoms with Gasteiger partial charge in [-0.05, 0) is 41.3 Å². The van der Waals surface area contributed by atoms with Gasteiger partial charge in [0.1, 0.15) is 0 Å². The molecule has 0 spiro atoms. The largest absolute Gasteiger partial charge is 0.388 e. The van der Waals surface area contributed by atoms with Gasteiger partial charge in [-0.3, -0.25) is 20.2 Å². The third kappa shape index (κ3) is 4.70. The average Bonchev–Trinajstić information content (AvgIpc) is 3.22. The van der Waals surface area contributed by atoms with E-state index in [9.17, 15) is 25.3 Å². The second kappa shape index (κ2) is 8.59. The van der Waals surface area contributed by atoms with E-state index in [-0.39, 0.29) is 17.4 Å². The molecule has 2 N–H and O–H groups in total. The third-order valence-electron chi connectivity index (χ3n) is 4.25. The van der Waals surface area contributed by atoms with E-state index in [1.165, 1.54) is 35.6 Å². The summed E-state index contributed by atoms with van der Waals surface area (Å²) in [6.07, 6.45) is -0.506. The van der Waals surface area contributed by atoms with Crippen molar-refractivity contribution in [2.24, 2.45) is 0 Å². The normalized spacial score (nSPS) is 12.9. The predicted octanol–water partition coefficient (Wildman–Crippen LogP) is 4.84. The van der Waals surface area contributed by atoms with Crippen LogP contribution in [0.4, 0.5) is 17.1 Å². The number of nitro groups is 2. The number of nitro benzene ring substituents is 2. The molecular formula is C19H17N3O5S. The number of non-ortho nitro benzene ring substituents is 2. The molecule has 0 fully saturated rings. The Hall–Kier alpha value is -3.30. The fourth-order valence-corrected chi connectivity index (χ4v) is 3.58. The molecule has 3 rings (SSSR count). The highest BCUT2D eigenvalue weighted by molar-refractivity contribution is 7.10. The maximum Gasteiger partial charge on any atom is 0.269 e. The van der Waals surface area contributed by atoms with Gasteiger partial charge in [-0.15, -0.1) is 11.3 Å². The Morgan fingerprint density at radius 2 is 1.50 bits per heavy atom. The lowest BCUT2D eigenvalue weighted by Gasteiger charge is -2.22. The van der Waals surface area contributed by atoms with E-state index >= 15 is 0 Å². The maximum absolute atomic E-state index is 10.8. The molecule has 0 saturated heterocycles. The molecule has 0 aliphatic heterocycles. The van der Waals surface area contributed by atoms with E-state index in [0.717, 1.165) is 4.88 Å². The summed E-state index contributed by atoms with van der Waals surface area (Å²) in [5.74, 6) is 0. The van der Waals surface area contributed by atoms with E-state index in [1.54, 1.807) is 24.3 Å². The molecule has 0 aliphatic rings. The van der Waals surface area contributed by atoms with E-state index in [4.69, 9.17) is 0 Å². The van der Waals surface area contributed by atoms with Crippen LogP contribution in [-0.4, -0.2) is 15.0 Å². The molecule has 8 nitrogen and oxygen atoms in total. The van der Waals surface area contributed by atoms with E-state index in [2.05, 4.69) is 5.32 Å². The fraction of sp³-hybridized carbons (Fsp3) is 0.158. The molecule has 0 amide bonds. The van der Waals surface area contributed by atoms with Crippen molar-refractivity contribution in [3.63, 3.8) is 0 Å². The van der Waals surface area contributed by atoms with Crippen LogP contribution >= 0.6 is 11.3 Å². The number of aliphatic hydroxyl groups is 1. The first kappa shape index (κ1) is 19.5. The Kier molecular flexibility index (Phi) is 5.97. The summed E-state index contributed by atoms with van der Waals surface area (Å²) in [5.41, 5.74) is 1.25. The molecule has 0 radical (unpaired) electrons. The van der Waals surface area contributed by atoms with Crippen molar-refractivity contribution in [1.29, 1.82) is 0 Å². The van der Waals surface area contributed by atoms with Gasteiger partial charge < -0.3 is 10.4 Å². The number of hydrogen-bond donors (Lipinski definition) is 2. The zero-order valence-electron chi connectivity index (χ0n) is 14.6. The highest BCUT2D eigenvalue weighted by Crippen LogP contribution is 2.33. The van der Waals surface area contributed by atoms with Crippen LogP contribution in [0.5, 0.6) is 0 Å². The topological polar surface area (TPSA) is 119 Å². The highest BCUT2D eigenvalue weighted by Gasteiger charge is 2.20. The SMILES string of the molecule is O=[N+]([O-])c1ccc(N[C@H](C[C@H](O)c2ccc([N+](=O)[O-])cc2)c2cccs2)cc1. The highest BCUT2D eigenvalue weighted by atomic mass is 32.1. The molecule has 2 atom stereocenters. The van der Waals surface area contributed by atoms with Crippen molar-refractivity contribution in [2.45, 2.75) is 18.6 Å². The first-order chi connectivity index (χ1) is 13.4. The van der Waals surface area contributed by atoms with Gasteiger partial charge in [0.05, 0.1) is 22.0 Å². The average molecular weight is 399 g/mol. The lowest BCUT2D eigenvalue weighted by atomic mass is 10.0. The molecule has 0 bridgehead atoms. The minimum Gasteiger partial charge on any atom is -0.388 e. The number of anilines is 1. The van der Waals surface area contributed by atoms with Crippen molar-refractivity contribution < 1.29 is 15.0 Å². The first-order valence-corrected chi connectivity index (χ1v) is 9.29. The van der Waals surface area contributed by atoms with Gasteiger partial charge in [0.2, 0.25) is 0 Å². The van der Waals surface area contributed by atoms with Crippen LogP contribution in [0.2, 0.25) is 0 Å². The Labute approximate surface area is 164 Å². The number of aliphatic hydroxyl groups excluding tert-OH is 1. The molecule has 1 heterocycles. The van der Waals surface area contributed by atoms with E-state index in [0.29, 0.717) is 17.7 Å². The van der Waals surface area contributed by atoms with Crippen LogP contribution in [0.15, 0.2) is 66.0 Å². The maximum atomic E-state index is 10.8. The van der Waals surface area contributed by atoms with Crippen LogP contribution in [-0.2, 0) is 0 Å². The zero-order valence-corrected chi connectivity index (χ0v) is 15.4. The quantitative estimate of drug-likeness (QED) is 0.413. The van der Waals surface area contributed by atoms with Crippen LogP contribution < -0.4 is 5.32 Å². The fourth-order valence-electron chi connectivity index (χ4n) is 2.79. The number of nitrogens with zero attached hydrogens (tertiary/aromatic N) is 2. The van der Waals surface area contributed by atoms with Crippen molar-refractivity contribution >= 4 is 28.4 Å². The number of hydrogen-bond acceptors (Lipinski definition) is 7. The monoisotopic (exact) mass is 399 g/mol. The molecule has 0 unspecified atom stereocenters. The molecule has 3 aromatic rings. The predicted molar refractivity (Wildman–Crippen MR) is 106 cm³/mol. The Morgan fingerprint density at radius 3 is 2.00 bits per heavy atom. The lowest BCUT2D eigenvalue weighted by molar-refractivity contribution is -0.385. The molecule has 144 valence electrons. The second-order valence-corrected chi connectivity index (χ2v) is 7.10.